The van der Waals surface area contributed by atoms with E-state index in [-0.39, 0.29) is 17.8 Å². The second kappa shape index (κ2) is 9.21. The Balaban J connectivity index is 1.46. The number of ether oxygens (including phenoxy) is 1. The molecule has 1 atom stereocenters. The van der Waals surface area contributed by atoms with Gasteiger partial charge in [0.1, 0.15) is 0 Å². The van der Waals surface area contributed by atoms with Gasteiger partial charge in [0.15, 0.2) is 11.0 Å². The lowest BCUT2D eigenvalue weighted by atomic mass is 10.2. The number of carbonyl (C=O) groups is 1. The van der Waals surface area contributed by atoms with E-state index >= 15 is 0 Å². The Morgan fingerprint density at radius 2 is 2.29 bits per heavy atom. The molecule has 0 bridgehead atoms. The molecular weight excluding hydrogens is 460 g/mol. The smallest absolute Gasteiger partial charge is 0.234 e. The Hall–Kier alpha value is -1.68. The van der Waals surface area contributed by atoms with Gasteiger partial charge in [0.25, 0.3) is 0 Å². The van der Waals surface area contributed by atoms with Gasteiger partial charge in [0.05, 0.1) is 23.3 Å². The Bertz CT molecular complexity index is 939. The standard InChI is InChI=1S/C19H19BrN4O2S2/c20-13-4-1-5-14(10-13)21-17(25)12-28-19-23-22-18(16-7-3-9-27-16)24(19)11-15-6-2-8-26-15/h1,3-5,7,9-10,15H,2,6,8,11-12H2,(H,21,25). The zero-order valence-corrected chi connectivity index (χ0v) is 18.2. The average Bonchev–Trinajstić information content (AvgIpc) is 3.43. The van der Waals surface area contributed by atoms with Crippen molar-refractivity contribution >= 4 is 50.6 Å². The molecule has 1 saturated heterocycles. The number of thioether (sulfide) groups is 1. The first kappa shape index (κ1) is 19.6. The normalized spacial score (nSPS) is 16.4. The molecule has 1 unspecified atom stereocenters. The van der Waals surface area contributed by atoms with Gasteiger partial charge in [-0.25, -0.2) is 0 Å². The second-order valence-corrected chi connectivity index (χ2v) is 9.18. The third kappa shape index (κ3) is 4.83. The zero-order chi connectivity index (χ0) is 19.3. The van der Waals surface area contributed by atoms with Crippen molar-refractivity contribution in [2.45, 2.75) is 30.6 Å². The van der Waals surface area contributed by atoms with Crippen molar-refractivity contribution in [3.05, 3.63) is 46.3 Å². The molecule has 28 heavy (non-hydrogen) atoms. The van der Waals surface area contributed by atoms with E-state index in [9.17, 15) is 4.79 Å². The monoisotopic (exact) mass is 478 g/mol. The lowest BCUT2D eigenvalue weighted by Crippen LogP contribution is -2.18. The number of carbonyl (C=O) groups excluding carboxylic acids is 1. The minimum absolute atomic E-state index is 0.0764. The van der Waals surface area contributed by atoms with E-state index in [1.54, 1.807) is 11.3 Å². The van der Waals surface area contributed by atoms with Crippen LogP contribution in [0, 0.1) is 0 Å². The first-order chi connectivity index (χ1) is 13.7. The highest BCUT2D eigenvalue weighted by Gasteiger charge is 2.22. The number of amides is 1. The highest BCUT2D eigenvalue weighted by Crippen LogP contribution is 2.29. The summed E-state index contributed by atoms with van der Waals surface area (Å²) in [7, 11) is 0. The van der Waals surface area contributed by atoms with Crippen molar-refractivity contribution in [3.63, 3.8) is 0 Å². The van der Waals surface area contributed by atoms with Crippen LogP contribution in [0.4, 0.5) is 5.69 Å². The molecule has 4 rings (SSSR count). The fourth-order valence-electron chi connectivity index (χ4n) is 3.03. The zero-order valence-electron chi connectivity index (χ0n) is 15.0. The maximum atomic E-state index is 12.4. The molecule has 9 heteroatoms. The second-order valence-electron chi connectivity index (χ2n) is 6.38. The van der Waals surface area contributed by atoms with E-state index in [1.165, 1.54) is 11.8 Å². The molecule has 1 N–H and O–H groups in total. The number of rotatable bonds is 7. The summed E-state index contributed by atoms with van der Waals surface area (Å²) >= 11 is 6.44. The summed E-state index contributed by atoms with van der Waals surface area (Å²) in [6, 6.07) is 11.6. The molecule has 0 spiro atoms. The summed E-state index contributed by atoms with van der Waals surface area (Å²) in [5, 5.41) is 14.4. The van der Waals surface area contributed by atoms with Gasteiger partial charge in [-0.05, 0) is 42.5 Å². The quantitative estimate of drug-likeness (QED) is 0.499. The molecule has 1 aliphatic heterocycles. The molecule has 1 amide bonds. The first-order valence-electron chi connectivity index (χ1n) is 8.96. The maximum absolute atomic E-state index is 12.4. The fraction of sp³-hybridized carbons (Fsp3) is 0.316. The molecule has 6 nitrogen and oxygen atoms in total. The maximum Gasteiger partial charge on any atom is 0.234 e. The van der Waals surface area contributed by atoms with Crippen LogP contribution >= 0.6 is 39.0 Å². The number of halogens is 1. The number of anilines is 1. The number of hydrogen-bond acceptors (Lipinski definition) is 6. The van der Waals surface area contributed by atoms with Gasteiger partial charge in [-0.2, -0.15) is 0 Å². The summed E-state index contributed by atoms with van der Waals surface area (Å²) in [6.07, 6.45) is 2.29. The highest BCUT2D eigenvalue weighted by molar-refractivity contribution is 9.10. The van der Waals surface area contributed by atoms with Crippen molar-refractivity contribution in [1.29, 1.82) is 0 Å². The van der Waals surface area contributed by atoms with Crippen LogP contribution in [0.25, 0.3) is 10.7 Å². The van der Waals surface area contributed by atoms with E-state index in [1.807, 2.05) is 41.8 Å². The minimum Gasteiger partial charge on any atom is -0.376 e. The molecule has 0 radical (unpaired) electrons. The summed E-state index contributed by atoms with van der Waals surface area (Å²) in [5.74, 6) is 1.02. The van der Waals surface area contributed by atoms with E-state index < -0.39 is 0 Å². The van der Waals surface area contributed by atoms with E-state index in [0.29, 0.717) is 6.54 Å². The van der Waals surface area contributed by atoms with E-state index in [0.717, 1.165) is 45.5 Å². The summed E-state index contributed by atoms with van der Waals surface area (Å²) in [5.41, 5.74) is 0.764. The topological polar surface area (TPSA) is 69.0 Å². The minimum atomic E-state index is -0.0764. The number of hydrogen-bond donors (Lipinski definition) is 1. The lowest BCUT2D eigenvalue weighted by molar-refractivity contribution is -0.113. The van der Waals surface area contributed by atoms with Crippen molar-refractivity contribution in [3.8, 4) is 10.7 Å². The van der Waals surface area contributed by atoms with Crippen molar-refractivity contribution in [1.82, 2.24) is 14.8 Å². The summed E-state index contributed by atoms with van der Waals surface area (Å²) < 4.78 is 8.81. The number of thiophene rings is 1. The van der Waals surface area contributed by atoms with Crippen LogP contribution in [0.5, 0.6) is 0 Å². The van der Waals surface area contributed by atoms with Gasteiger partial charge in [-0.15, -0.1) is 21.5 Å². The van der Waals surface area contributed by atoms with E-state index in [4.69, 9.17) is 4.74 Å². The van der Waals surface area contributed by atoms with Crippen LogP contribution in [0.2, 0.25) is 0 Å². The lowest BCUT2D eigenvalue weighted by Gasteiger charge is -2.14. The van der Waals surface area contributed by atoms with Gasteiger partial charge >= 0.3 is 0 Å². The van der Waals surface area contributed by atoms with Gasteiger partial charge in [-0.1, -0.05) is 39.8 Å². The van der Waals surface area contributed by atoms with Crippen LogP contribution in [-0.4, -0.2) is 39.1 Å². The molecule has 146 valence electrons. The van der Waals surface area contributed by atoms with Crippen molar-refractivity contribution in [2.24, 2.45) is 0 Å². The van der Waals surface area contributed by atoms with Crippen molar-refractivity contribution < 1.29 is 9.53 Å². The summed E-state index contributed by atoms with van der Waals surface area (Å²) in [6.45, 7) is 1.51. The number of nitrogens with one attached hydrogen (secondary N) is 1. The largest absolute Gasteiger partial charge is 0.376 e. The van der Waals surface area contributed by atoms with Gasteiger partial charge in [0, 0.05) is 16.8 Å². The van der Waals surface area contributed by atoms with E-state index in [2.05, 4.69) is 36.0 Å². The summed E-state index contributed by atoms with van der Waals surface area (Å²) in [4.78, 5) is 13.4. The van der Waals surface area contributed by atoms with Crippen LogP contribution in [0.15, 0.2) is 51.4 Å². The number of nitrogens with zero attached hydrogens (tertiary/aromatic N) is 3. The Labute approximate surface area is 179 Å². The molecule has 1 aliphatic rings. The SMILES string of the molecule is O=C(CSc1nnc(-c2cccs2)n1CC1CCCO1)Nc1cccc(Br)c1. The van der Waals surface area contributed by atoms with Crippen LogP contribution < -0.4 is 5.32 Å². The molecule has 0 saturated carbocycles. The van der Waals surface area contributed by atoms with Gasteiger partial charge < -0.3 is 10.1 Å². The third-order valence-electron chi connectivity index (χ3n) is 4.31. The molecule has 2 aromatic heterocycles. The van der Waals surface area contributed by atoms with Crippen LogP contribution in [0.1, 0.15) is 12.8 Å². The molecule has 1 aromatic carbocycles. The predicted octanol–water partition coefficient (Wildman–Crippen LogP) is 4.68. The van der Waals surface area contributed by atoms with Gasteiger partial charge in [-0.3, -0.25) is 9.36 Å². The molecular formula is C19H19BrN4O2S2. The predicted molar refractivity (Wildman–Crippen MR) is 116 cm³/mol. The number of benzene rings is 1. The first-order valence-corrected chi connectivity index (χ1v) is 11.6. The molecule has 1 fully saturated rings. The van der Waals surface area contributed by atoms with Crippen LogP contribution in [0.3, 0.4) is 0 Å². The van der Waals surface area contributed by atoms with Crippen molar-refractivity contribution in [2.75, 3.05) is 17.7 Å². The molecule has 3 aromatic rings. The Morgan fingerprint density at radius 1 is 1.36 bits per heavy atom. The molecule has 0 aliphatic carbocycles. The highest BCUT2D eigenvalue weighted by atomic mass is 79.9. The Kier molecular flexibility index (Phi) is 6.46. The fourth-order valence-corrected chi connectivity index (χ4v) is 4.90. The van der Waals surface area contributed by atoms with Gasteiger partial charge in [0.2, 0.25) is 5.91 Å². The number of aromatic nitrogens is 3. The third-order valence-corrected chi connectivity index (χ3v) is 6.64. The van der Waals surface area contributed by atoms with Crippen LogP contribution in [-0.2, 0) is 16.1 Å². The average molecular weight is 479 g/mol. The molecule has 3 heterocycles. The Morgan fingerprint density at radius 3 is 3.04 bits per heavy atom.